The van der Waals surface area contributed by atoms with Crippen LogP contribution in [0.3, 0.4) is 0 Å². The van der Waals surface area contributed by atoms with Crippen molar-refractivity contribution in [3.8, 4) is 6.19 Å². The van der Waals surface area contributed by atoms with E-state index in [4.69, 9.17) is 5.26 Å². The highest BCUT2D eigenvalue weighted by Gasteiger charge is 2.19. The molecule has 3 rings (SSSR count). The van der Waals surface area contributed by atoms with Gasteiger partial charge in [-0.2, -0.15) is 5.26 Å². The van der Waals surface area contributed by atoms with E-state index in [-0.39, 0.29) is 5.91 Å². The third kappa shape index (κ3) is 2.21. The van der Waals surface area contributed by atoms with Gasteiger partial charge in [0.15, 0.2) is 6.19 Å². The molecule has 0 bridgehead atoms. The van der Waals surface area contributed by atoms with Crippen molar-refractivity contribution in [1.82, 2.24) is 0 Å². The van der Waals surface area contributed by atoms with Crippen molar-refractivity contribution in [2.75, 3.05) is 16.8 Å². The third-order valence-corrected chi connectivity index (χ3v) is 3.39. The summed E-state index contributed by atoms with van der Waals surface area (Å²) in [6, 6.07) is 14.8. The van der Waals surface area contributed by atoms with Gasteiger partial charge in [-0.15, -0.1) is 0 Å². The van der Waals surface area contributed by atoms with Crippen LogP contribution >= 0.6 is 0 Å². The van der Waals surface area contributed by atoms with Crippen molar-refractivity contribution in [2.45, 2.75) is 6.42 Å². The number of amides is 1. The van der Waals surface area contributed by atoms with Crippen molar-refractivity contribution in [3.05, 3.63) is 59.7 Å². The lowest BCUT2D eigenvalue weighted by Crippen LogP contribution is -2.12. The summed E-state index contributed by atoms with van der Waals surface area (Å²) in [6.45, 7) is 0.710. The predicted molar refractivity (Wildman–Crippen MR) is 77.5 cm³/mol. The third-order valence-electron chi connectivity index (χ3n) is 3.39. The van der Waals surface area contributed by atoms with Crippen LogP contribution in [0.15, 0.2) is 48.5 Å². The molecule has 1 aliphatic rings. The molecule has 4 heteroatoms. The van der Waals surface area contributed by atoms with Crippen molar-refractivity contribution >= 4 is 17.3 Å². The van der Waals surface area contributed by atoms with Crippen LogP contribution in [0, 0.1) is 11.5 Å². The number of hydrogen-bond acceptors (Lipinski definition) is 3. The summed E-state index contributed by atoms with van der Waals surface area (Å²) in [5.74, 6) is -0.124. The first-order valence-electron chi connectivity index (χ1n) is 6.44. The molecule has 1 N–H and O–H groups in total. The number of carbonyl (C=O) groups excluding carboxylic acids is 1. The van der Waals surface area contributed by atoms with Crippen molar-refractivity contribution in [3.63, 3.8) is 0 Å². The van der Waals surface area contributed by atoms with Crippen LogP contribution in [0.25, 0.3) is 0 Å². The molecule has 0 aromatic heterocycles. The van der Waals surface area contributed by atoms with Crippen molar-refractivity contribution < 1.29 is 4.79 Å². The number of carbonyl (C=O) groups is 1. The molecule has 0 saturated carbocycles. The highest BCUT2D eigenvalue weighted by atomic mass is 16.1. The average molecular weight is 263 g/mol. The maximum atomic E-state index is 12.1. The Labute approximate surface area is 117 Å². The van der Waals surface area contributed by atoms with Gasteiger partial charge in [0.05, 0.1) is 5.69 Å². The minimum atomic E-state index is -0.124. The van der Waals surface area contributed by atoms with Gasteiger partial charge < -0.3 is 5.32 Å². The first kappa shape index (κ1) is 12.2. The molecule has 1 amide bonds. The lowest BCUT2D eigenvalue weighted by molar-refractivity contribution is 0.102. The Kier molecular flexibility index (Phi) is 3.10. The van der Waals surface area contributed by atoms with Crippen LogP contribution in [0.1, 0.15) is 15.9 Å². The Morgan fingerprint density at radius 3 is 2.75 bits per heavy atom. The normalized spacial score (nSPS) is 12.7. The van der Waals surface area contributed by atoms with Gasteiger partial charge in [-0.1, -0.05) is 18.2 Å². The molecule has 1 heterocycles. The molecule has 2 aromatic rings. The van der Waals surface area contributed by atoms with Crippen molar-refractivity contribution in [2.24, 2.45) is 0 Å². The topological polar surface area (TPSA) is 56.1 Å². The van der Waals surface area contributed by atoms with Crippen LogP contribution in [0.4, 0.5) is 11.4 Å². The van der Waals surface area contributed by atoms with Crippen LogP contribution in [-0.2, 0) is 6.42 Å². The Hall–Kier alpha value is -2.80. The fourth-order valence-corrected chi connectivity index (χ4v) is 2.38. The SMILES string of the molecule is N#CN1CCc2cc(NC(=O)c3ccccc3)ccc21. The van der Waals surface area contributed by atoms with E-state index in [9.17, 15) is 4.79 Å². The fourth-order valence-electron chi connectivity index (χ4n) is 2.38. The molecule has 0 aliphatic carbocycles. The second-order valence-electron chi connectivity index (χ2n) is 4.67. The maximum Gasteiger partial charge on any atom is 0.255 e. The summed E-state index contributed by atoms with van der Waals surface area (Å²) >= 11 is 0. The molecule has 0 spiro atoms. The van der Waals surface area contributed by atoms with Crippen LogP contribution in [-0.4, -0.2) is 12.5 Å². The maximum absolute atomic E-state index is 12.1. The highest BCUT2D eigenvalue weighted by molar-refractivity contribution is 6.04. The molecule has 0 fully saturated rings. The van der Waals surface area contributed by atoms with E-state index in [1.165, 1.54) is 0 Å². The van der Waals surface area contributed by atoms with E-state index in [1.807, 2.05) is 36.4 Å². The Morgan fingerprint density at radius 2 is 2.00 bits per heavy atom. The number of nitrogens with zero attached hydrogens (tertiary/aromatic N) is 2. The lowest BCUT2D eigenvalue weighted by atomic mass is 10.1. The summed E-state index contributed by atoms with van der Waals surface area (Å²) in [4.78, 5) is 13.7. The molecule has 0 saturated heterocycles. The van der Waals surface area contributed by atoms with E-state index in [0.29, 0.717) is 12.1 Å². The molecule has 98 valence electrons. The van der Waals surface area contributed by atoms with Crippen molar-refractivity contribution in [1.29, 1.82) is 5.26 Å². The minimum Gasteiger partial charge on any atom is -0.322 e. The number of nitriles is 1. The number of hydrogen-bond donors (Lipinski definition) is 1. The second-order valence-corrected chi connectivity index (χ2v) is 4.67. The van der Waals surface area contributed by atoms with Gasteiger partial charge in [0.25, 0.3) is 5.91 Å². The molecule has 20 heavy (non-hydrogen) atoms. The molecule has 1 aliphatic heterocycles. The van der Waals surface area contributed by atoms with Gasteiger partial charge in [-0.05, 0) is 42.3 Å². The number of anilines is 2. The number of rotatable bonds is 2. The van der Waals surface area contributed by atoms with Gasteiger partial charge in [0, 0.05) is 17.8 Å². The van der Waals surface area contributed by atoms with Crippen LogP contribution < -0.4 is 10.2 Å². The van der Waals surface area contributed by atoms with E-state index < -0.39 is 0 Å². The summed E-state index contributed by atoms with van der Waals surface area (Å²) in [5.41, 5.74) is 3.42. The Bertz CT molecular complexity index is 689. The Morgan fingerprint density at radius 1 is 1.20 bits per heavy atom. The largest absolute Gasteiger partial charge is 0.322 e. The van der Waals surface area contributed by atoms with Crippen LogP contribution in [0.5, 0.6) is 0 Å². The summed E-state index contributed by atoms with van der Waals surface area (Å²) < 4.78 is 0. The monoisotopic (exact) mass is 263 g/mol. The lowest BCUT2D eigenvalue weighted by Gasteiger charge is -2.10. The first-order chi connectivity index (χ1) is 9.78. The standard InChI is InChI=1S/C16H13N3O/c17-11-19-9-8-13-10-14(6-7-15(13)19)18-16(20)12-4-2-1-3-5-12/h1-7,10H,8-9H2,(H,18,20). The van der Waals surface area contributed by atoms with Gasteiger partial charge in [0.1, 0.15) is 0 Å². The zero-order valence-corrected chi connectivity index (χ0v) is 10.8. The fraction of sp³-hybridized carbons (Fsp3) is 0.125. The molecule has 0 unspecified atom stereocenters. The summed E-state index contributed by atoms with van der Waals surface area (Å²) in [5, 5.41) is 11.9. The van der Waals surface area contributed by atoms with E-state index in [1.54, 1.807) is 17.0 Å². The zero-order chi connectivity index (χ0) is 13.9. The number of benzene rings is 2. The molecular formula is C16H13N3O. The summed E-state index contributed by atoms with van der Waals surface area (Å²) in [6.07, 6.45) is 2.98. The van der Waals surface area contributed by atoms with Crippen LogP contribution in [0.2, 0.25) is 0 Å². The summed E-state index contributed by atoms with van der Waals surface area (Å²) in [7, 11) is 0. The van der Waals surface area contributed by atoms with Gasteiger partial charge in [-0.3, -0.25) is 9.69 Å². The molecule has 2 aromatic carbocycles. The smallest absolute Gasteiger partial charge is 0.255 e. The quantitative estimate of drug-likeness (QED) is 0.848. The number of nitrogens with one attached hydrogen (secondary N) is 1. The molecule has 0 atom stereocenters. The zero-order valence-electron chi connectivity index (χ0n) is 10.8. The second kappa shape index (κ2) is 5.06. The highest BCUT2D eigenvalue weighted by Crippen LogP contribution is 2.29. The van der Waals surface area contributed by atoms with E-state index in [2.05, 4.69) is 11.5 Å². The Balaban J connectivity index is 1.80. The van der Waals surface area contributed by atoms with Gasteiger partial charge >= 0.3 is 0 Å². The molecule has 0 radical (unpaired) electrons. The minimum absolute atomic E-state index is 0.124. The molecule has 4 nitrogen and oxygen atoms in total. The first-order valence-corrected chi connectivity index (χ1v) is 6.44. The molecular weight excluding hydrogens is 250 g/mol. The average Bonchev–Trinajstić information content (AvgIpc) is 2.90. The van der Waals surface area contributed by atoms with Gasteiger partial charge in [0.2, 0.25) is 0 Å². The number of fused-ring (bicyclic) bond motifs is 1. The van der Waals surface area contributed by atoms with E-state index in [0.717, 1.165) is 23.4 Å². The van der Waals surface area contributed by atoms with E-state index >= 15 is 0 Å². The predicted octanol–water partition coefficient (Wildman–Crippen LogP) is 2.78. The van der Waals surface area contributed by atoms with Gasteiger partial charge in [-0.25, -0.2) is 0 Å².